The van der Waals surface area contributed by atoms with Gasteiger partial charge >= 0.3 is 5.97 Å². The van der Waals surface area contributed by atoms with Crippen molar-refractivity contribution in [1.29, 1.82) is 0 Å². The van der Waals surface area contributed by atoms with Gasteiger partial charge in [0.2, 0.25) is 5.91 Å². The summed E-state index contributed by atoms with van der Waals surface area (Å²) in [5.41, 5.74) is 0.888. The Bertz CT molecular complexity index is 492. The van der Waals surface area contributed by atoms with Gasteiger partial charge in [-0.3, -0.25) is 9.59 Å². The summed E-state index contributed by atoms with van der Waals surface area (Å²) >= 11 is 3.36. The Morgan fingerprint density at radius 2 is 2.14 bits per heavy atom. The molecule has 0 fully saturated rings. The van der Waals surface area contributed by atoms with Gasteiger partial charge in [0.1, 0.15) is 6.54 Å². The van der Waals surface area contributed by atoms with Crippen LogP contribution in [0.2, 0.25) is 0 Å². The van der Waals surface area contributed by atoms with E-state index >= 15 is 0 Å². The lowest BCUT2D eigenvalue weighted by molar-refractivity contribution is -0.145. The molecule has 0 aliphatic carbocycles. The van der Waals surface area contributed by atoms with Crippen molar-refractivity contribution in [3.63, 3.8) is 0 Å². The molecule has 0 aliphatic heterocycles. The van der Waals surface area contributed by atoms with Crippen molar-refractivity contribution >= 4 is 27.8 Å². The molecule has 0 bridgehead atoms. The Hall–Kier alpha value is -1.40. The van der Waals surface area contributed by atoms with E-state index in [-0.39, 0.29) is 31.5 Å². The zero-order chi connectivity index (χ0) is 15.8. The van der Waals surface area contributed by atoms with Gasteiger partial charge < -0.3 is 14.7 Å². The van der Waals surface area contributed by atoms with Crippen molar-refractivity contribution in [3.8, 4) is 0 Å². The lowest BCUT2D eigenvalue weighted by atomic mass is 10.1. The monoisotopic (exact) mass is 357 g/mol. The molecule has 0 saturated carbocycles. The Morgan fingerprint density at radius 1 is 1.43 bits per heavy atom. The van der Waals surface area contributed by atoms with Gasteiger partial charge in [-0.05, 0) is 31.0 Å². The highest BCUT2D eigenvalue weighted by Crippen LogP contribution is 2.14. The highest BCUT2D eigenvalue weighted by molar-refractivity contribution is 9.10. The second-order valence-electron chi connectivity index (χ2n) is 4.86. The number of benzene rings is 1. The zero-order valence-corrected chi connectivity index (χ0v) is 13.8. The number of halogens is 1. The van der Waals surface area contributed by atoms with Crippen LogP contribution in [-0.4, -0.2) is 41.6 Å². The molecule has 0 radical (unpaired) electrons. The van der Waals surface area contributed by atoms with Crippen molar-refractivity contribution in [2.75, 3.05) is 13.7 Å². The maximum atomic E-state index is 12.2. The molecule has 1 atom stereocenters. The lowest BCUT2D eigenvalue weighted by Crippen LogP contribution is -2.35. The molecule has 1 unspecified atom stereocenters. The standard InChI is InChI=1S/C15H20BrNO4/c1-11(21-2)6-7-14(18)17(10-15(19)20)9-12-4-3-5-13(16)8-12/h3-5,8,11H,6-7,9-10H2,1-2H3,(H,19,20). The molecule has 1 N–H and O–H groups in total. The van der Waals surface area contributed by atoms with Gasteiger partial charge in [0.05, 0.1) is 6.10 Å². The van der Waals surface area contributed by atoms with Crippen LogP contribution in [0.5, 0.6) is 0 Å². The van der Waals surface area contributed by atoms with Crippen molar-refractivity contribution in [1.82, 2.24) is 4.90 Å². The molecule has 6 heteroatoms. The second kappa shape index (κ2) is 8.79. The number of amides is 1. The van der Waals surface area contributed by atoms with E-state index in [0.717, 1.165) is 10.0 Å². The summed E-state index contributed by atoms with van der Waals surface area (Å²) in [6.45, 7) is 1.86. The highest BCUT2D eigenvalue weighted by Gasteiger charge is 2.18. The van der Waals surface area contributed by atoms with Crippen molar-refractivity contribution in [3.05, 3.63) is 34.3 Å². The molecule has 1 rings (SSSR count). The van der Waals surface area contributed by atoms with Crippen molar-refractivity contribution < 1.29 is 19.4 Å². The molecule has 0 aromatic heterocycles. The molecule has 0 heterocycles. The van der Waals surface area contributed by atoms with Crippen molar-refractivity contribution in [2.24, 2.45) is 0 Å². The average molecular weight is 358 g/mol. The predicted molar refractivity (Wildman–Crippen MR) is 82.9 cm³/mol. The minimum absolute atomic E-state index is 0.0218. The van der Waals surface area contributed by atoms with E-state index in [2.05, 4.69) is 15.9 Å². The molecule has 0 spiro atoms. The normalized spacial score (nSPS) is 12.0. The van der Waals surface area contributed by atoms with E-state index in [1.165, 1.54) is 4.90 Å². The lowest BCUT2D eigenvalue weighted by Gasteiger charge is -2.21. The number of hydrogen-bond acceptors (Lipinski definition) is 3. The molecule has 1 aromatic carbocycles. The summed E-state index contributed by atoms with van der Waals surface area (Å²) < 4.78 is 6.00. The molecular formula is C15H20BrNO4. The molecule has 0 aliphatic rings. The number of carbonyl (C=O) groups is 2. The van der Waals surface area contributed by atoms with E-state index in [1.807, 2.05) is 31.2 Å². The Kier molecular flexibility index (Phi) is 7.39. The van der Waals surface area contributed by atoms with Crippen molar-refractivity contribution in [2.45, 2.75) is 32.4 Å². The summed E-state index contributed by atoms with van der Waals surface area (Å²) in [4.78, 5) is 24.5. The van der Waals surface area contributed by atoms with Gasteiger partial charge in [-0.25, -0.2) is 0 Å². The number of carboxylic acids is 1. The number of hydrogen-bond donors (Lipinski definition) is 1. The third-order valence-corrected chi connectivity index (χ3v) is 3.60. The smallest absolute Gasteiger partial charge is 0.323 e. The largest absolute Gasteiger partial charge is 0.480 e. The van der Waals surface area contributed by atoms with E-state index in [9.17, 15) is 9.59 Å². The Labute approximate surface area is 133 Å². The van der Waals surface area contributed by atoms with E-state index < -0.39 is 5.97 Å². The molecule has 0 saturated heterocycles. The quantitative estimate of drug-likeness (QED) is 0.776. The summed E-state index contributed by atoms with van der Waals surface area (Å²) in [7, 11) is 1.59. The summed E-state index contributed by atoms with van der Waals surface area (Å²) in [5, 5.41) is 8.96. The van der Waals surface area contributed by atoms with Gasteiger partial charge in [0.15, 0.2) is 0 Å². The zero-order valence-electron chi connectivity index (χ0n) is 12.2. The minimum atomic E-state index is -1.02. The molecular weight excluding hydrogens is 338 g/mol. The maximum Gasteiger partial charge on any atom is 0.323 e. The van der Waals surface area contributed by atoms with Gasteiger partial charge in [0.25, 0.3) is 0 Å². The number of carbonyl (C=O) groups excluding carboxylic acids is 1. The fraction of sp³-hybridized carbons (Fsp3) is 0.467. The van der Waals surface area contributed by atoms with Gasteiger partial charge in [-0.1, -0.05) is 28.1 Å². The summed E-state index contributed by atoms with van der Waals surface area (Å²) in [5.74, 6) is -1.19. The fourth-order valence-electron chi connectivity index (χ4n) is 1.85. The first-order valence-electron chi connectivity index (χ1n) is 6.69. The van der Waals surface area contributed by atoms with E-state index in [4.69, 9.17) is 9.84 Å². The van der Waals surface area contributed by atoms with Crippen LogP contribution in [0.25, 0.3) is 0 Å². The predicted octanol–water partition coefficient (Wildman–Crippen LogP) is 2.68. The SMILES string of the molecule is COC(C)CCC(=O)N(CC(=O)O)Cc1cccc(Br)c1. The number of methoxy groups -OCH3 is 1. The first-order valence-corrected chi connectivity index (χ1v) is 7.48. The minimum Gasteiger partial charge on any atom is -0.480 e. The molecule has 5 nitrogen and oxygen atoms in total. The third kappa shape index (κ3) is 6.73. The molecule has 1 aromatic rings. The van der Waals surface area contributed by atoms with Crippen LogP contribution in [-0.2, 0) is 20.9 Å². The maximum absolute atomic E-state index is 12.2. The van der Waals surface area contributed by atoms with Crippen LogP contribution in [0.1, 0.15) is 25.3 Å². The number of rotatable bonds is 8. The first-order chi connectivity index (χ1) is 9.92. The molecule has 116 valence electrons. The van der Waals surface area contributed by atoms with Gasteiger partial charge in [-0.15, -0.1) is 0 Å². The summed E-state index contributed by atoms with van der Waals surface area (Å²) in [6, 6.07) is 7.48. The van der Waals surface area contributed by atoms with Crippen LogP contribution < -0.4 is 0 Å². The third-order valence-electron chi connectivity index (χ3n) is 3.11. The second-order valence-corrected chi connectivity index (χ2v) is 5.77. The topological polar surface area (TPSA) is 66.8 Å². The number of aliphatic carboxylic acids is 1. The number of nitrogens with zero attached hydrogens (tertiary/aromatic N) is 1. The number of carboxylic acid groups (broad SMARTS) is 1. The first kappa shape index (κ1) is 17.7. The summed E-state index contributed by atoms with van der Waals surface area (Å²) in [6.07, 6.45) is 0.826. The molecule has 1 amide bonds. The van der Waals surface area contributed by atoms with Gasteiger partial charge in [-0.2, -0.15) is 0 Å². The fourth-order valence-corrected chi connectivity index (χ4v) is 2.30. The van der Waals surface area contributed by atoms with Gasteiger partial charge in [0, 0.05) is 24.5 Å². The van der Waals surface area contributed by atoms with Crippen LogP contribution in [0.3, 0.4) is 0 Å². The number of ether oxygens (including phenoxy) is 1. The molecule has 21 heavy (non-hydrogen) atoms. The average Bonchev–Trinajstić information content (AvgIpc) is 2.43. The Balaban J connectivity index is 2.70. The van der Waals surface area contributed by atoms with E-state index in [1.54, 1.807) is 7.11 Å². The van der Waals surface area contributed by atoms with Crippen LogP contribution in [0.4, 0.5) is 0 Å². The van der Waals surface area contributed by atoms with Crippen LogP contribution >= 0.6 is 15.9 Å². The highest BCUT2D eigenvalue weighted by atomic mass is 79.9. The van der Waals surface area contributed by atoms with Crippen LogP contribution in [0, 0.1) is 0 Å². The Morgan fingerprint density at radius 3 is 2.71 bits per heavy atom. The van der Waals surface area contributed by atoms with Crippen LogP contribution in [0.15, 0.2) is 28.7 Å². The van der Waals surface area contributed by atoms with E-state index in [0.29, 0.717) is 6.42 Å².